The number of nitrogens with two attached hydrogens (primary N) is 1. The zero-order chi connectivity index (χ0) is 25.5. The molecule has 1 heterocycles. The Morgan fingerprint density at radius 3 is 2.40 bits per heavy atom. The molecule has 0 saturated carbocycles. The summed E-state index contributed by atoms with van der Waals surface area (Å²) in [5, 5.41) is 15.6. The number of hydrogen-bond acceptors (Lipinski definition) is 8. The van der Waals surface area contributed by atoms with Gasteiger partial charge in [0.25, 0.3) is 0 Å². The van der Waals surface area contributed by atoms with E-state index >= 15 is 0 Å². The molecule has 4 N–H and O–H groups in total. The van der Waals surface area contributed by atoms with Crippen molar-refractivity contribution in [3.8, 4) is 6.07 Å². The summed E-state index contributed by atoms with van der Waals surface area (Å²) in [4.78, 5) is 37.1. The fourth-order valence-electron chi connectivity index (χ4n) is 3.44. The fraction of sp³-hybridized carbons (Fsp3) is 0.167. The predicted octanol–water partition coefficient (Wildman–Crippen LogP) is 3.78. The van der Waals surface area contributed by atoms with Gasteiger partial charge in [0.2, 0.25) is 5.88 Å². The van der Waals surface area contributed by atoms with Crippen molar-refractivity contribution in [2.45, 2.75) is 12.3 Å². The number of esters is 2. The zero-order valence-corrected chi connectivity index (χ0v) is 19.5. The molecule has 35 heavy (non-hydrogen) atoms. The van der Waals surface area contributed by atoms with E-state index in [9.17, 15) is 19.6 Å². The van der Waals surface area contributed by atoms with Crippen LogP contribution in [-0.4, -0.2) is 32.2 Å². The van der Waals surface area contributed by atoms with Crippen molar-refractivity contribution in [3.63, 3.8) is 0 Å². The zero-order valence-electron chi connectivity index (χ0n) is 18.8. The summed E-state index contributed by atoms with van der Waals surface area (Å²) in [5.41, 5.74) is 7.15. The number of anilines is 2. The van der Waals surface area contributed by atoms with Gasteiger partial charge in [-0.05, 0) is 42.0 Å². The van der Waals surface area contributed by atoms with Crippen molar-refractivity contribution in [1.29, 1.82) is 5.26 Å². The van der Waals surface area contributed by atoms with Crippen molar-refractivity contribution in [3.05, 3.63) is 81.9 Å². The largest absolute Gasteiger partial charge is 0.469 e. The van der Waals surface area contributed by atoms with Crippen LogP contribution in [0.3, 0.4) is 0 Å². The number of halogens is 1. The molecule has 1 aliphatic rings. The van der Waals surface area contributed by atoms with Crippen LogP contribution >= 0.6 is 11.6 Å². The summed E-state index contributed by atoms with van der Waals surface area (Å²) >= 11 is 5.86. The normalized spacial score (nSPS) is 15.0. The van der Waals surface area contributed by atoms with Crippen molar-refractivity contribution in [1.82, 2.24) is 0 Å². The Balaban J connectivity index is 1.97. The van der Waals surface area contributed by atoms with Crippen LogP contribution in [0, 0.1) is 11.3 Å². The quantitative estimate of drug-likeness (QED) is 0.510. The first kappa shape index (κ1) is 25.1. The van der Waals surface area contributed by atoms with E-state index in [-0.39, 0.29) is 22.8 Å². The SMILES string of the molecule is COC(=O)CC1=C(C(=O)OC)C(c2cccc(NC(=O)Nc3ccc(Cl)cc3)c2)C(C#N)=C(N)O1. The highest BCUT2D eigenvalue weighted by molar-refractivity contribution is 6.30. The summed E-state index contributed by atoms with van der Waals surface area (Å²) in [7, 11) is 2.35. The molecule has 2 amide bonds. The van der Waals surface area contributed by atoms with Gasteiger partial charge in [0.15, 0.2) is 0 Å². The minimum absolute atomic E-state index is 0.0539. The van der Waals surface area contributed by atoms with Crippen LogP contribution in [-0.2, 0) is 23.8 Å². The molecule has 0 radical (unpaired) electrons. The molecule has 0 bridgehead atoms. The molecule has 0 fully saturated rings. The Morgan fingerprint density at radius 1 is 1.09 bits per heavy atom. The van der Waals surface area contributed by atoms with Crippen molar-refractivity contribution >= 4 is 40.9 Å². The first-order valence-corrected chi connectivity index (χ1v) is 10.5. The number of nitrogens with one attached hydrogen (secondary N) is 2. The van der Waals surface area contributed by atoms with Gasteiger partial charge < -0.3 is 30.6 Å². The molecule has 3 rings (SSSR count). The number of carbonyl (C=O) groups excluding carboxylic acids is 3. The van der Waals surface area contributed by atoms with E-state index in [1.165, 1.54) is 7.11 Å². The van der Waals surface area contributed by atoms with Gasteiger partial charge in [-0.25, -0.2) is 9.59 Å². The van der Waals surface area contributed by atoms with Crippen LogP contribution in [0.15, 0.2) is 71.3 Å². The molecule has 2 aromatic rings. The maximum absolute atomic E-state index is 12.7. The summed E-state index contributed by atoms with van der Waals surface area (Å²) in [6, 6.07) is 14.4. The summed E-state index contributed by atoms with van der Waals surface area (Å²) < 4.78 is 15.0. The van der Waals surface area contributed by atoms with E-state index in [0.29, 0.717) is 22.0 Å². The minimum atomic E-state index is -1.01. The van der Waals surface area contributed by atoms with Crippen LogP contribution < -0.4 is 16.4 Å². The van der Waals surface area contributed by atoms with Crippen LogP contribution in [0.5, 0.6) is 0 Å². The van der Waals surface area contributed by atoms with Crippen LogP contribution in [0.2, 0.25) is 5.02 Å². The minimum Gasteiger partial charge on any atom is -0.469 e. The highest BCUT2D eigenvalue weighted by Crippen LogP contribution is 2.41. The molecule has 0 aliphatic carbocycles. The molecule has 11 heteroatoms. The van der Waals surface area contributed by atoms with E-state index in [4.69, 9.17) is 26.8 Å². The highest BCUT2D eigenvalue weighted by Gasteiger charge is 2.38. The van der Waals surface area contributed by atoms with Gasteiger partial charge in [-0.15, -0.1) is 0 Å². The number of benzene rings is 2. The number of allylic oxidation sites excluding steroid dienone is 1. The number of methoxy groups -OCH3 is 2. The number of nitriles is 1. The highest BCUT2D eigenvalue weighted by atomic mass is 35.5. The predicted molar refractivity (Wildman–Crippen MR) is 127 cm³/mol. The molecule has 2 aromatic carbocycles. The van der Waals surface area contributed by atoms with Crippen LogP contribution in [0.25, 0.3) is 0 Å². The van der Waals surface area contributed by atoms with E-state index in [1.54, 1.807) is 48.5 Å². The van der Waals surface area contributed by atoms with Gasteiger partial charge in [0, 0.05) is 16.4 Å². The second kappa shape index (κ2) is 11.1. The maximum Gasteiger partial charge on any atom is 0.338 e. The second-order valence-electron chi connectivity index (χ2n) is 7.22. The Labute approximate surface area is 205 Å². The Hall–Kier alpha value is -4.49. The molecule has 0 spiro atoms. The lowest BCUT2D eigenvalue weighted by molar-refractivity contribution is -0.140. The summed E-state index contributed by atoms with van der Waals surface area (Å²) in [6.07, 6.45) is -0.404. The third-order valence-corrected chi connectivity index (χ3v) is 5.27. The first-order valence-electron chi connectivity index (χ1n) is 10.2. The van der Waals surface area contributed by atoms with Crippen LogP contribution in [0.4, 0.5) is 16.2 Å². The van der Waals surface area contributed by atoms with Crippen molar-refractivity contribution < 1.29 is 28.6 Å². The van der Waals surface area contributed by atoms with Gasteiger partial charge in [0.1, 0.15) is 23.8 Å². The van der Waals surface area contributed by atoms with Crippen molar-refractivity contribution in [2.24, 2.45) is 5.73 Å². The van der Waals surface area contributed by atoms with E-state index in [2.05, 4.69) is 15.4 Å². The fourth-order valence-corrected chi connectivity index (χ4v) is 3.57. The van der Waals surface area contributed by atoms with E-state index in [1.807, 2.05) is 6.07 Å². The van der Waals surface area contributed by atoms with Gasteiger partial charge >= 0.3 is 18.0 Å². The standard InChI is InChI=1S/C24H21ClN4O6/c1-33-19(30)11-18-21(23(31)34-2)20(17(12-26)22(27)35-18)13-4-3-5-16(10-13)29-24(32)28-15-8-6-14(25)7-9-15/h3-10,20H,11,27H2,1-2H3,(H2,28,29,32). The molecular weight excluding hydrogens is 476 g/mol. The third-order valence-electron chi connectivity index (χ3n) is 5.01. The number of nitrogens with zero attached hydrogens (tertiary/aromatic N) is 1. The Bertz CT molecular complexity index is 1260. The van der Waals surface area contributed by atoms with Crippen molar-refractivity contribution in [2.75, 3.05) is 24.9 Å². The van der Waals surface area contributed by atoms with E-state index in [0.717, 1.165) is 7.11 Å². The monoisotopic (exact) mass is 496 g/mol. The van der Waals surface area contributed by atoms with Crippen LogP contribution in [0.1, 0.15) is 17.9 Å². The third kappa shape index (κ3) is 5.90. The van der Waals surface area contributed by atoms with Gasteiger partial charge in [-0.2, -0.15) is 5.26 Å². The number of carbonyl (C=O) groups is 3. The van der Waals surface area contributed by atoms with Gasteiger partial charge in [-0.3, -0.25) is 4.79 Å². The first-order chi connectivity index (χ1) is 16.8. The van der Waals surface area contributed by atoms with Gasteiger partial charge in [-0.1, -0.05) is 23.7 Å². The molecule has 0 saturated heterocycles. The molecule has 1 aliphatic heterocycles. The number of hydrogen-bond donors (Lipinski definition) is 3. The maximum atomic E-state index is 12.7. The summed E-state index contributed by atoms with van der Waals surface area (Å²) in [5.74, 6) is -2.86. The molecule has 1 unspecified atom stereocenters. The number of rotatable bonds is 6. The number of ether oxygens (including phenoxy) is 3. The van der Waals surface area contributed by atoms with E-state index < -0.39 is 30.3 Å². The lowest BCUT2D eigenvalue weighted by Crippen LogP contribution is -2.27. The Morgan fingerprint density at radius 2 is 1.77 bits per heavy atom. The number of urea groups is 1. The topological polar surface area (TPSA) is 153 Å². The smallest absolute Gasteiger partial charge is 0.338 e. The molecule has 180 valence electrons. The second-order valence-corrected chi connectivity index (χ2v) is 7.65. The lowest BCUT2D eigenvalue weighted by atomic mass is 9.82. The lowest BCUT2D eigenvalue weighted by Gasteiger charge is -2.27. The molecule has 10 nitrogen and oxygen atoms in total. The molecule has 1 atom stereocenters. The molecular formula is C24H21ClN4O6. The molecule has 0 aromatic heterocycles. The average molecular weight is 497 g/mol. The average Bonchev–Trinajstić information content (AvgIpc) is 2.84. The summed E-state index contributed by atoms with van der Waals surface area (Å²) in [6.45, 7) is 0. The Kier molecular flexibility index (Phi) is 7.96. The van der Waals surface area contributed by atoms with Gasteiger partial charge in [0.05, 0.1) is 25.7 Å². The number of amides is 2.